The monoisotopic (exact) mass is 226 g/mol. The second-order valence-corrected chi connectivity index (χ2v) is 5.51. The maximum absolute atomic E-state index is 11.3. The van der Waals surface area contributed by atoms with Gasteiger partial charge in [0, 0.05) is 10.9 Å². The summed E-state index contributed by atoms with van der Waals surface area (Å²) >= 11 is 0. The Bertz CT molecular complexity index is 375. The molecule has 1 unspecified atom stereocenters. The summed E-state index contributed by atoms with van der Waals surface area (Å²) in [5.74, 6) is -0.340. The van der Waals surface area contributed by atoms with Gasteiger partial charge < -0.3 is 5.11 Å². The lowest BCUT2D eigenvalue weighted by Crippen LogP contribution is -2.58. The number of carbonyl (C=O) groups is 2. The Kier molecular flexibility index (Phi) is 2.56. The molecule has 0 aromatic heterocycles. The van der Waals surface area contributed by atoms with E-state index in [9.17, 15) is 9.59 Å². The summed E-state index contributed by atoms with van der Waals surface area (Å²) in [6.07, 6.45) is 4.10. The van der Waals surface area contributed by atoms with Crippen molar-refractivity contribution in [2.45, 2.75) is 18.7 Å². The van der Waals surface area contributed by atoms with E-state index in [0.717, 1.165) is 5.75 Å². The number of β-lactam (4-membered cyclic amide) rings is 1. The molecule has 0 aromatic carbocycles. The average molecular weight is 226 g/mol. The molecule has 4 nitrogen and oxygen atoms in total. The second-order valence-electron chi connectivity index (χ2n) is 3.42. The topological polar surface area (TPSA) is 57.6 Å². The highest BCUT2D eigenvalue weighted by atomic mass is 32.2. The predicted molar refractivity (Wildman–Crippen MR) is 58.0 cm³/mol. The molecule has 5 heteroatoms. The number of hydrogen-bond acceptors (Lipinski definition) is 2. The molecule has 2 aliphatic heterocycles. The fourth-order valence-electron chi connectivity index (χ4n) is 1.82. The number of aliphatic carboxylic acids is 1. The summed E-state index contributed by atoms with van der Waals surface area (Å²) in [5.41, 5.74) is 0.157. The predicted octanol–water partition coefficient (Wildman–Crippen LogP) is 0.679. The third-order valence-corrected chi connectivity index (χ3v) is 4.76. The SMILES string of the molecule is C/C=C/[S+]1CC=C(C(=O)O)N2C(=O)C[C@H]21. The van der Waals surface area contributed by atoms with Crippen molar-refractivity contribution in [3.8, 4) is 0 Å². The Morgan fingerprint density at radius 3 is 3.00 bits per heavy atom. The number of nitrogens with zero attached hydrogens (tertiary/aromatic N) is 1. The quantitative estimate of drug-likeness (QED) is 0.556. The lowest BCUT2D eigenvalue weighted by molar-refractivity contribution is -0.146. The summed E-state index contributed by atoms with van der Waals surface area (Å²) in [6, 6.07) is 0. The first-order valence-corrected chi connectivity index (χ1v) is 6.24. The number of rotatable bonds is 2. The highest BCUT2D eigenvalue weighted by Crippen LogP contribution is 2.34. The van der Waals surface area contributed by atoms with Crippen LogP contribution in [0.15, 0.2) is 23.3 Å². The third-order valence-electron chi connectivity index (χ3n) is 2.51. The number of allylic oxidation sites excluding steroid dienone is 1. The van der Waals surface area contributed by atoms with Crippen molar-refractivity contribution in [1.29, 1.82) is 0 Å². The number of fused-ring (bicyclic) bond motifs is 1. The molecule has 2 rings (SSSR count). The van der Waals surface area contributed by atoms with E-state index in [1.165, 1.54) is 4.90 Å². The van der Waals surface area contributed by atoms with Crippen LogP contribution in [0.5, 0.6) is 0 Å². The molecule has 0 bridgehead atoms. The molecule has 0 saturated carbocycles. The summed E-state index contributed by atoms with van der Waals surface area (Å²) < 4.78 is 0. The fraction of sp³-hybridized carbons (Fsp3) is 0.400. The van der Waals surface area contributed by atoms with Crippen LogP contribution in [0.2, 0.25) is 0 Å². The van der Waals surface area contributed by atoms with Crippen LogP contribution >= 0.6 is 0 Å². The second kappa shape index (κ2) is 3.73. The molecule has 1 amide bonds. The van der Waals surface area contributed by atoms with Crippen molar-refractivity contribution in [2.24, 2.45) is 0 Å². The first-order chi connectivity index (χ1) is 7.15. The molecule has 0 aromatic rings. The summed E-state index contributed by atoms with van der Waals surface area (Å²) in [5, 5.41) is 11.1. The largest absolute Gasteiger partial charge is 0.477 e. The van der Waals surface area contributed by atoms with Gasteiger partial charge in [-0.2, -0.15) is 0 Å². The van der Waals surface area contributed by atoms with Gasteiger partial charge in [-0.05, 0) is 19.1 Å². The van der Waals surface area contributed by atoms with E-state index < -0.39 is 5.97 Å². The molecule has 15 heavy (non-hydrogen) atoms. The molecule has 1 saturated heterocycles. The Morgan fingerprint density at radius 1 is 1.73 bits per heavy atom. The molecule has 1 fully saturated rings. The van der Waals surface area contributed by atoms with Gasteiger partial charge in [-0.25, -0.2) is 4.79 Å². The molecule has 2 heterocycles. The van der Waals surface area contributed by atoms with Crippen LogP contribution in [0.4, 0.5) is 0 Å². The van der Waals surface area contributed by atoms with E-state index in [-0.39, 0.29) is 27.9 Å². The molecule has 80 valence electrons. The van der Waals surface area contributed by atoms with Gasteiger partial charge in [-0.1, -0.05) is 0 Å². The standard InChI is InChI=1S/C10H11NO3S/c1-2-4-15-5-3-7(10(13)14)11-8(12)6-9(11)15/h2-4,9H,5-6H2,1H3/p+1/b4-2+/t9-,15?/m1/s1. The van der Waals surface area contributed by atoms with E-state index in [1.807, 2.05) is 13.0 Å². The van der Waals surface area contributed by atoms with Crippen molar-refractivity contribution >= 4 is 22.8 Å². The summed E-state index contributed by atoms with van der Waals surface area (Å²) in [4.78, 5) is 23.6. The number of amides is 1. The molecular formula is C10H12NO3S+. The molecule has 0 spiro atoms. The fourth-order valence-corrected chi connectivity index (χ4v) is 3.89. The van der Waals surface area contributed by atoms with Crippen molar-refractivity contribution < 1.29 is 14.7 Å². The van der Waals surface area contributed by atoms with Crippen LogP contribution < -0.4 is 0 Å². The van der Waals surface area contributed by atoms with Crippen LogP contribution in [0.1, 0.15) is 13.3 Å². The van der Waals surface area contributed by atoms with Crippen LogP contribution in [0.25, 0.3) is 0 Å². The normalized spacial score (nSPS) is 29.8. The smallest absolute Gasteiger partial charge is 0.352 e. The van der Waals surface area contributed by atoms with Gasteiger partial charge in [0.15, 0.2) is 0 Å². The Labute approximate surface area is 90.6 Å². The van der Waals surface area contributed by atoms with Gasteiger partial charge in [0.05, 0.1) is 6.42 Å². The van der Waals surface area contributed by atoms with Crippen LogP contribution in [0, 0.1) is 0 Å². The van der Waals surface area contributed by atoms with Gasteiger partial charge >= 0.3 is 5.97 Å². The molecule has 0 aliphatic carbocycles. The zero-order valence-electron chi connectivity index (χ0n) is 8.34. The van der Waals surface area contributed by atoms with Crippen LogP contribution in [-0.4, -0.2) is 33.0 Å². The Balaban J connectivity index is 2.26. The zero-order valence-corrected chi connectivity index (χ0v) is 9.16. The Morgan fingerprint density at radius 2 is 2.47 bits per heavy atom. The van der Waals surface area contributed by atoms with E-state index in [4.69, 9.17) is 5.11 Å². The van der Waals surface area contributed by atoms with Gasteiger partial charge in [0.25, 0.3) is 0 Å². The summed E-state index contributed by atoms with van der Waals surface area (Å²) in [6.45, 7) is 1.94. The lowest BCUT2D eigenvalue weighted by atomic mass is 10.1. The van der Waals surface area contributed by atoms with E-state index in [2.05, 4.69) is 5.41 Å². The minimum Gasteiger partial charge on any atom is -0.477 e. The summed E-state index contributed by atoms with van der Waals surface area (Å²) in [7, 11) is -0.00583. The zero-order chi connectivity index (χ0) is 11.0. The molecule has 1 N–H and O–H groups in total. The van der Waals surface area contributed by atoms with Gasteiger partial charge in [-0.15, -0.1) is 0 Å². The highest BCUT2D eigenvalue weighted by Gasteiger charge is 2.52. The molecule has 2 atom stereocenters. The van der Waals surface area contributed by atoms with Gasteiger partial charge in [0.1, 0.15) is 16.9 Å². The minimum absolute atomic E-state index is 0.00583. The van der Waals surface area contributed by atoms with Crippen molar-refractivity contribution in [3.05, 3.63) is 23.3 Å². The third kappa shape index (κ3) is 1.56. The number of carboxylic acid groups (broad SMARTS) is 1. The van der Waals surface area contributed by atoms with Crippen molar-refractivity contribution in [1.82, 2.24) is 4.90 Å². The van der Waals surface area contributed by atoms with Crippen LogP contribution in [0.3, 0.4) is 0 Å². The first-order valence-electron chi connectivity index (χ1n) is 4.72. The average Bonchev–Trinajstić information content (AvgIpc) is 2.18. The first kappa shape index (κ1) is 10.3. The molecule has 2 aliphatic rings. The maximum Gasteiger partial charge on any atom is 0.352 e. The van der Waals surface area contributed by atoms with E-state index in [1.54, 1.807) is 6.08 Å². The number of carbonyl (C=O) groups excluding carboxylic acids is 1. The molecular weight excluding hydrogens is 214 g/mol. The maximum atomic E-state index is 11.3. The number of carboxylic acids is 1. The number of hydrogen-bond donors (Lipinski definition) is 1. The Hall–Kier alpha value is -1.23. The van der Waals surface area contributed by atoms with Gasteiger partial charge in [0.2, 0.25) is 11.3 Å². The van der Waals surface area contributed by atoms with E-state index >= 15 is 0 Å². The lowest BCUT2D eigenvalue weighted by Gasteiger charge is -2.39. The van der Waals surface area contributed by atoms with Crippen molar-refractivity contribution in [2.75, 3.05) is 5.75 Å². The van der Waals surface area contributed by atoms with E-state index in [0.29, 0.717) is 6.42 Å². The van der Waals surface area contributed by atoms with Crippen molar-refractivity contribution in [3.63, 3.8) is 0 Å². The highest BCUT2D eigenvalue weighted by molar-refractivity contribution is 8.00. The minimum atomic E-state index is -1.00. The molecule has 0 radical (unpaired) electrons. The van der Waals surface area contributed by atoms with Crippen LogP contribution in [-0.2, 0) is 20.5 Å². The van der Waals surface area contributed by atoms with Gasteiger partial charge in [-0.3, -0.25) is 9.69 Å².